The first-order chi connectivity index (χ1) is 8.06. The zero-order valence-electron chi connectivity index (χ0n) is 11.1. The van der Waals surface area contributed by atoms with Crippen molar-refractivity contribution in [3.63, 3.8) is 0 Å². The van der Waals surface area contributed by atoms with Crippen molar-refractivity contribution >= 4 is 0 Å². The third-order valence-corrected chi connectivity index (χ3v) is 3.82. The van der Waals surface area contributed by atoms with E-state index < -0.39 is 0 Å². The highest BCUT2D eigenvalue weighted by Crippen LogP contribution is 2.29. The number of rotatable bonds is 2. The second kappa shape index (κ2) is 5.09. The molecule has 1 aromatic rings. The van der Waals surface area contributed by atoms with Gasteiger partial charge in [0.25, 0.3) is 0 Å². The Hall–Kier alpha value is -1.02. The Labute approximate surface area is 104 Å². The van der Waals surface area contributed by atoms with Crippen molar-refractivity contribution in [2.24, 2.45) is 11.8 Å². The summed E-state index contributed by atoms with van der Waals surface area (Å²) in [5.74, 6) is 1.93. The minimum absolute atomic E-state index is 0.348. The Kier molecular flexibility index (Phi) is 3.72. The molecule has 0 spiro atoms. The van der Waals surface area contributed by atoms with Gasteiger partial charge in [-0.25, -0.2) is 0 Å². The van der Waals surface area contributed by atoms with E-state index in [-0.39, 0.29) is 0 Å². The number of phenolic OH excluding ortho intramolecular Hbond substituents is 1. The largest absolute Gasteiger partial charge is 0.508 e. The first kappa shape index (κ1) is 12.4. The molecule has 1 heterocycles. The predicted molar refractivity (Wildman–Crippen MR) is 71.0 cm³/mol. The molecule has 1 aliphatic rings. The molecule has 17 heavy (non-hydrogen) atoms. The first-order valence-corrected chi connectivity index (χ1v) is 6.59. The summed E-state index contributed by atoms with van der Waals surface area (Å²) in [5.41, 5.74) is 1.30. The molecule has 1 aliphatic heterocycles. The first-order valence-electron chi connectivity index (χ1n) is 6.59. The van der Waals surface area contributed by atoms with Crippen molar-refractivity contribution in [2.75, 3.05) is 13.1 Å². The predicted octanol–water partition coefficient (Wildman–Crippen LogP) is 3.43. The maximum Gasteiger partial charge on any atom is 0.115 e. The SMILES string of the molecule is CC1CC(C)CN(C(C)c2ccc(O)cc2)C1. The van der Waals surface area contributed by atoms with Crippen LogP contribution in [0, 0.1) is 11.8 Å². The molecular formula is C15H23NO. The summed E-state index contributed by atoms with van der Waals surface area (Å²) >= 11 is 0. The monoisotopic (exact) mass is 233 g/mol. The number of nitrogens with zero attached hydrogens (tertiary/aromatic N) is 1. The van der Waals surface area contributed by atoms with Gasteiger partial charge in [-0.15, -0.1) is 0 Å². The minimum atomic E-state index is 0.348. The van der Waals surface area contributed by atoms with Crippen LogP contribution in [0.4, 0.5) is 0 Å². The normalized spacial score (nSPS) is 27.9. The summed E-state index contributed by atoms with van der Waals surface area (Å²) in [7, 11) is 0. The summed E-state index contributed by atoms with van der Waals surface area (Å²) in [6.07, 6.45) is 1.35. The highest BCUT2D eigenvalue weighted by Gasteiger charge is 2.25. The molecule has 0 radical (unpaired) electrons. The van der Waals surface area contributed by atoms with Gasteiger partial charge in [0, 0.05) is 19.1 Å². The third-order valence-electron chi connectivity index (χ3n) is 3.82. The van der Waals surface area contributed by atoms with Gasteiger partial charge in [0.05, 0.1) is 0 Å². The van der Waals surface area contributed by atoms with Gasteiger partial charge in [0.15, 0.2) is 0 Å². The number of phenols is 1. The van der Waals surface area contributed by atoms with E-state index >= 15 is 0 Å². The van der Waals surface area contributed by atoms with Gasteiger partial charge in [-0.2, -0.15) is 0 Å². The number of benzene rings is 1. The molecule has 0 aromatic heterocycles. The fraction of sp³-hybridized carbons (Fsp3) is 0.600. The molecule has 0 bridgehead atoms. The summed E-state index contributed by atoms with van der Waals surface area (Å²) in [5, 5.41) is 9.32. The lowest BCUT2D eigenvalue weighted by Crippen LogP contribution is -2.40. The van der Waals surface area contributed by atoms with Crippen molar-refractivity contribution in [3.8, 4) is 5.75 Å². The second-order valence-electron chi connectivity index (χ2n) is 5.67. The molecule has 3 atom stereocenters. The van der Waals surface area contributed by atoms with Crippen molar-refractivity contribution in [1.29, 1.82) is 0 Å². The summed E-state index contributed by atoms with van der Waals surface area (Å²) in [4.78, 5) is 2.56. The van der Waals surface area contributed by atoms with Crippen molar-refractivity contribution in [3.05, 3.63) is 29.8 Å². The fourth-order valence-corrected chi connectivity index (χ4v) is 2.99. The van der Waals surface area contributed by atoms with Crippen LogP contribution < -0.4 is 0 Å². The highest BCUT2D eigenvalue weighted by molar-refractivity contribution is 5.27. The molecule has 1 saturated heterocycles. The molecule has 2 nitrogen and oxygen atoms in total. The Bertz CT molecular complexity index is 350. The van der Waals surface area contributed by atoms with Crippen LogP contribution in [-0.2, 0) is 0 Å². The van der Waals surface area contributed by atoms with Crippen molar-refractivity contribution in [1.82, 2.24) is 4.90 Å². The van der Waals surface area contributed by atoms with E-state index in [1.54, 1.807) is 12.1 Å². The molecule has 2 heteroatoms. The van der Waals surface area contributed by atoms with E-state index in [0.29, 0.717) is 11.8 Å². The number of hydrogen-bond donors (Lipinski definition) is 1. The lowest BCUT2D eigenvalue weighted by atomic mass is 9.90. The number of piperidine rings is 1. The van der Waals surface area contributed by atoms with Crippen LogP contribution in [0.3, 0.4) is 0 Å². The van der Waals surface area contributed by atoms with Gasteiger partial charge in [-0.05, 0) is 42.9 Å². The molecular weight excluding hydrogens is 210 g/mol. The maximum absolute atomic E-state index is 9.32. The van der Waals surface area contributed by atoms with Gasteiger partial charge in [0.2, 0.25) is 0 Å². The molecule has 94 valence electrons. The smallest absolute Gasteiger partial charge is 0.115 e. The van der Waals surface area contributed by atoms with Crippen molar-refractivity contribution in [2.45, 2.75) is 33.2 Å². The average Bonchev–Trinajstić information content (AvgIpc) is 2.28. The van der Waals surface area contributed by atoms with Crippen LogP contribution in [0.15, 0.2) is 24.3 Å². The Morgan fingerprint density at radius 2 is 1.65 bits per heavy atom. The van der Waals surface area contributed by atoms with Crippen LogP contribution in [0.2, 0.25) is 0 Å². The Morgan fingerprint density at radius 3 is 2.18 bits per heavy atom. The van der Waals surface area contributed by atoms with Gasteiger partial charge < -0.3 is 5.11 Å². The fourth-order valence-electron chi connectivity index (χ4n) is 2.99. The lowest BCUT2D eigenvalue weighted by molar-refractivity contribution is 0.103. The average molecular weight is 233 g/mol. The van der Waals surface area contributed by atoms with Gasteiger partial charge >= 0.3 is 0 Å². The zero-order valence-corrected chi connectivity index (χ0v) is 11.1. The van der Waals surface area contributed by atoms with E-state index in [0.717, 1.165) is 11.8 Å². The van der Waals surface area contributed by atoms with Crippen molar-refractivity contribution < 1.29 is 5.11 Å². The number of aromatic hydroxyl groups is 1. The molecule has 3 unspecified atom stereocenters. The summed E-state index contributed by atoms with van der Waals surface area (Å²) < 4.78 is 0. The van der Waals surface area contributed by atoms with E-state index in [9.17, 15) is 5.11 Å². The molecule has 1 N–H and O–H groups in total. The minimum Gasteiger partial charge on any atom is -0.508 e. The van der Waals surface area contributed by atoms with E-state index in [2.05, 4.69) is 25.7 Å². The van der Waals surface area contributed by atoms with Crippen LogP contribution in [0.5, 0.6) is 5.75 Å². The molecule has 2 rings (SSSR count). The van der Waals surface area contributed by atoms with E-state index in [4.69, 9.17) is 0 Å². The third kappa shape index (κ3) is 3.01. The van der Waals surface area contributed by atoms with Gasteiger partial charge in [-0.1, -0.05) is 26.0 Å². The van der Waals surface area contributed by atoms with Gasteiger partial charge in [0.1, 0.15) is 5.75 Å². The zero-order chi connectivity index (χ0) is 12.4. The van der Waals surface area contributed by atoms with Crippen LogP contribution in [0.25, 0.3) is 0 Å². The maximum atomic E-state index is 9.32. The van der Waals surface area contributed by atoms with Crippen LogP contribution in [-0.4, -0.2) is 23.1 Å². The molecule has 0 saturated carbocycles. The summed E-state index contributed by atoms with van der Waals surface area (Å²) in [6.45, 7) is 9.31. The van der Waals surface area contributed by atoms with Crippen LogP contribution >= 0.6 is 0 Å². The Morgan fingerprint density at radius 1 is 1.12 bits per heavy atom. The number of hydrogen-bond acceptors (Lipinski definition) is 2. The lowest BCUT2D eigenvalue weighted by Gasteiger charge is -2.39. The second-order valence-corrected chi connectivity index (χ2v) is 5.67. The standard InChI is InChI=1S/C15H23NO/c1-11-8-12(2)10-16(9-11)13(3)14-4-6-15(17)7-5-14/h4-7,11-13,17H,8-10H2,1-3H3. The Balaban J connectivity index is 2.08. The van der Waals surface area contributed by atoms with E-state index in [1.165, 1.54) is 25.1 Å². The molecule has 1 fully saturated rings. The van der Waals surface area contributed by atoms with Gasteiger partial charge in [-0.3, -0.25) is 4.90 Å². The summed E-state index contributed by atoms with van der Waals surface area (Å²) in [6, 6.07) is 8.07. The molecule has 0 amide bonds. The quantitative estimate of drug-likeness (QED) is 0.846. The number of likely N-dealkylation sites (tertiary alicyclic amines) is 1. The topological polar surface area (TPSA) is 23.5 Å². The highest BCUT2D eigenvalue weighted by atomic mass is 16.3. The molecule has 0 aliphatic carbocycles. The molecule has 1 aromatic carbocycles. The van der Waals surface area contributed by atoms with Crippen LogP contribution in [0.1, 0.15) is 38.8 Å². The van der Waals surface area contributed by atoms with E-state index in [1.807, 2.05) is 12.1 Å².